The number of piperazine rings is 1. The van der Waals surface area contributed by atoms with Crippen molar-refractivity contribution in [2.45, 2.75) is 33.2 Å². The van der Waals surface area contributed by atoms with Gasteiger partial charge in [0.25, 0.3) is 0 Å². The summed E-state index contributed by atoms with van der Waals surface area (Å²) < 4.78 is 0. The molecule has 1 heterocycles. The highest BCUT2D eigenvalue weighted by atomic mass is 16.4. The average molecular weight is 242 g/mol. The third kappa shape index (κ3) is 3.43. The molecule has 1 fully saturated rings. The highest BCUT2D eigenvalue weighted by Crippen LogP contribution is 2.16. The van der Waals surface area contributed by atoms with Crippen LogP contribution in [0.1, 0.15) is 27.7 Å². The van der Waals surface area contributed by atoms with Gasteiger partial charge >= 0.3 is 5.97 Å². The molecule has 0 aromatic heterocycles. The highest BCUT2D eigenvalue weighted by molar-refractivity contribution is 5.96. The molecule has 5 heteroatoms. The Kier molecular flexibility index (Phi) is 4.14. The van der Waals surface area contributed by atoms with Crippen molar-refractivity contribution in [1.29, 1.82) is 0 Å². The normalized spacial score (nSPS) is 20.1. The van der Waals surface area contributed by atoms with E-state index in [-0.39, 0.29) is 11.4 Å². The first kappa shape index (κ1) is 14.0. The summed E-state index contributed by atoms with van der Waals surface area (Å²) in [4.78, 5) is 26.5. The molecular formula is C12H22N2O3. The largest absolute Gasteiger partial charge is 0.481 e. The number of hydrogen-bond donors (Lipinski definition) is 1. The highest BCUT2D eigenvalue weighted by Gasteiger charge is 2.31. The van der Waals surface area contributed by atoms with Crippen LogP contribution in [0.5, 0.6) is 0 Å². The maximum Gasteiger partial charge on any atom is 0.315 e. The molecule has 1 rings (SSSR count). The predicted molar refractivity (Wildman–Crippen MR) is 64.7 cm³/mol. The molecule has 1 amide bonds. The fourth-order valence-corrected chi connectivity index (χ4v) is 1.98. The lowest BCUT2D eigenvalue weighted by molar-refractivity contribution is -0.151. The molecule has 1 N–H and O–H groups in total. The van der Waals surface area contributed by atoms with E-state index < -0.39 is 11.9 Å². The Balaban J connectivity index is 2.53. The molecule has 1 unspecified atom stereocenters. The molecule has 5 nitrogen and oxygen atoms in total. The van der Waals surface area contributed by atoms with Crippen LogP contribution in [0.4, 0.5) is 0 Å². The Labute approximate surface area is 102 Å². The summed E-state index contributed by atoms with van der Waals surface area (Å²) in [6.45, 7) is 10.7. The van der Waals surface area contributed by atoms with Gasteiger partial charge in [-0.15, -0.1) is 0 Å². The molecule has 0 bridgehead atoms. The minimum Gasteiger partial charge on any atom is -0.481 e. The molecule has 17 heavy (non-hydrogen) atoms. The molecule has 1 atom stereocenters. The first-order valence-electron chi connectivity index (χ1n) is 6.00. The van der Waals surface area contributed by atoms with Crippen LogP contribution in [0.25, 0.3) is 0 Å². The summed E-state index contributed by atoms with van der Waals surface area (Å²) in [6, 6.07) is 0. The van der Waals surface area contributed by atoms with E-state index in [2.05, 4.69) is 25.7 Å². The van der Waals surface area contributed by atoms with E-state index in [9.17, 15) is 9.59 Å². The smallest absolute Gasteiger partial charge is 0.315 e. The van der Waals surface area contributed by atoms with E-state index in [0.717, 1.165) is 13.1 Å². The Morgan fingerprint density at radius 2 is 1.59 bits per heavy atom. The summed E-state index contributed by atoms with van der Waals surface area (Å²) in [5, 5.41) is 8.81. The zero-order valence-corrected chi connectivity index (χ0v) is 11.1. The van der Waals surface area contributed by atoms with E-state index in [1.165, 1.54) is 6.92 Å². The van der Waals surface area contributed by atoms with Crippen molar-refractivity contribution in [3.05, 3.63) is 0 Å². The summed E-state index contributed by atoms with van der Waals surface area (Å²) >= 11 is 0. The van der Waals surface area contributed by atoms with Crippen LogP contribution in [-0.4, -0.2) is 58.5 Å². The topological polar surface area (TPSA) is 60.9 Å². The third-order valence-electron chi connectivity index (χ3n) is 3.28. The maximum absolute atomic E-state index is 11.8. The number of hydrogen-bond acceptors (Lipinski definition) is 3. The van der Waals surface area contributed by atoms with Crippen LogP contribution in [0, 0.1) is 5.92 Å². The molecular weight excluding hydrogens is 220 g/mol. The Morgan fingerprint density at radius 1 is 1.12 bits per heavy atom. The molecule has 0 spiro atoms. The van der Waals surface area contributed by atoms with Gasteiger partial charge < -0.3 is 10.0 Å². The monoisotopic (exact) mass is 242 g/mol. The van der Waals surface area contributed by atoms with Gasteiger partial charge in [0.1, 0.15) is 5.92 Å². The van der Waals surface area contributed by atoms with Crippen LogP contribution in [0.3, 0.4) is 0 Å². The molecule has 0 radical (unpaired) electrons. The van der Waals surface area contributed by atoms with E-state index >= 15 is 0 Å². The minimum atomic E-state index is -1.05. The van der Waals surface area contributed by atoms with E-state index in [1.54, 1.807) is 4.90 Å². The molecule has 1 saturated heterocycles. The van der Waals surface area contributed by atoms with Crippen LogP contribution < -0.4 is 0 Å². The van der Waals surface area contributed by atoms with Crippen LogP contribution >= 0.6 is 0 Å². The van der Waals surface area contributed by atoms with Crippen molar-refractivity contribution in [3.8, 4) is 0 Å². The van der Waals surface area contributed by atoms with Crippen molar-refractivity contribution in [1.82, 2.24) is 9.80 Å². The maximum atomic E-state index is 11.8. The lowest BCUT2D eigenvalue weighted by Crippen LogP contribution is -2.55. The average Bonchev–Trinajstić information content (AvgIpc) is 2.26. The predicted octanol–water partition coefficient (Wildman–Crippen LogP) is 0.650. The van der Waals surface area contributed by atoms with Crippen molar-refractivity contribution < 1.29 is 14.7 Å². The van der Waals surface area contributed by atoms with Gasteiger partial charge in [-0.3, -0.25) is 14.5 Å². The Bertz CT molecular complexity index is 301. The van der Waals surface area contributed by atoms with Crippen LogP contribution in [0.2, 0.25) is 0 Å². The molecule has 0 saturated carbocycles. The van der Waals surface area contributed by atoms with Crippen molar-refractivity contribution in [2.75, 3.05) is 26.2 Å². The standard InChI is InChI=1S/C12H22N2O3/c1-9(11(16)17)10(15)13-5-7-14(8-6-13)12(2,3)4/h9H,5-8H2,1-4H3,(H,16,17). The summed E-state index contributed by atoms with van der Waals surface area (Å²) in [6.07, 6.45) is 0. The van der Waals surface area contributed by atoms with Crippen molar-refractivity contribution >= 4 is 11.9 Å². The van der Waals surface area contributed by atoms with Gasteiger partial charge in [0.15, 0.2) is 0 Å². The SMILES string of the molecule is CC(C(=O)O)C(=O)N1CCN(C(C)(C)C)CC1. The van der Waals surface area contributed by atoms with Gasteiger partial charge in [0.2, 0.25) is 5.91 Å². The van der Waals surface area contributed by atoms with Crippen LogP contribution in [-0.2, 0) is 9.59 Å². The van der Waals surface area contributed by atoms with E-state index in [1.807, 2.05) is 0 Å². The molecule has 1 aliphatic rings. The number of carbonyl (C=O) groups excluding carboxylic acids is 1. The molecule has 98 valence electrons. The van der Waals surface area contributed by atoms with Gasteiger partial charge in [-0.25, -0.2) is 0 Å². The summed E-state index contributed by atoms with van der Waals surface area (Å²) in [5.41, 5.74) is 0.105. The number of carboxylic acid groups (broad SMARTS) is 1. The lowest BCUT2D eigenvalue weighted by Gasteiger charge is -2.42. The van der Waals surface area contributed by atoms with E-state index in [4.69, 9.17) is 5.11 Å². The summed E-state index contributed by atoms with van der Waals surface area (Å²) in [5.74, 6) is -2.25. The molecule has 0 aromatic carbocycles. The Morgan fingerprint density at radius 3 is 1.94 bits per heavy atom. The van der Waals surface area contributed by atoms with Crippen LogP contribution in [0.15, 0.2) is 0 Å². The lowest BCUT2D eigenvalue weighted by atomic mass is 10.0. The first-order chi connectivity index (χ1) is 7.73. The zero-order chi connectivity index (χ0) is 13.2. The number of aliphatic carboxylic acids is 1. The minimum absolute atomic E-state index is 0.105. The quantitative estimate of drug-likeness (QED) is 0.722. The fraction of sp³-hybridized carbons (Fsp3) is 0.833. The first-order valence-corrected chi connectivity index (χ1v) is 6.00. The Hall–Kier alpha value is -1.10. The number of carboxylic acids is 1. The summed E-state index contributed by atoms with van der Waals surface area (Å²) in [7, 11) is 0. The second-order valence-corrected chi connectivity index (χ2v) is 5.54. The van der Waals surface area contributed by atoms with Gasteiger partial charge in [-0.1, -0.05) is 0 Å². The van der Waals surface area contributed by atoms with Gasteiger partial charge in [-0.05, 0) is 27.7 Å². The number of amides is 1. The zero-order valence-electron chi connectivity index (χ0n) is 11.1. The fourth-order valence-electron chi connectivity index (χ4n) is 1.98. The van der Waals surface area contributed by atoms with Gasteiger partial charge in [0.05, 0.1) is 0 Å². The van der Waals surface area contributed by atoms with E-state index in [0.29, 0.717) is 13.1 Å². The van der Waals surface area contributed by atoms with Crippen molar-refractivity contribution in [2.24, 2.45) is 5.92 Å². The second kappa shape index (κ2) is 5.04. The van der Waals surface area contributed by atoms with Crippen molar-refractivity contribution in [3.63, 3.8) is 0 Å². The molecule has 0 aromatic rings. The number of rotatable bonds is 2. The molecule has 0 aliphatic carbocycles. The second-order valence-electron chi connectivity index (χ2n) is 5.54. The van der Waals surface area contributed by atoms with Gasteiger partial charge in [0, 0.05) is 31.7 Å². The number of carbonyl (C=O) groups is 2. The van der Waals surface area contributed by atoms with Gasteiger partial charge in [-0.2, -0.15) is 0 Å². The third-order valence-corrected chi connectivity index (χ3v) is 3.28. The molecule has 1 aliphatic heterocycles. The number of nitrogens with zero attached hydrogens (tertiary/aromatic N) is 2.